The summed E-state index contributed by atoms with van der Waals surface area (Å²) < 4.78 is 0. The number of imidazole rings is 1. The van der Waals surface area contributed by atoms with Gasteiger partial charge in [-0.2, -0.15) is 0 Å². The van der Waals surface area contributed by atoms with Gasteiger partial charge in [-0.05, 0) is 36.0 Å². The average molecular weight is 380 g/mol. The molecule has 4 nitrogen and oxygen atoms in total. The predicted molar refractivity (Wildman–Crippen MR) is 107 cm³/mol. The minimum atomic E-state index is -0.123. The lowest BCUT2D eigenvalue weighted by atomic mass is 10.1. The number of hydrogen-bond acceptors (Lipinski definition) is 2. The molecule has 0 bridgehead atoms. The van der Waals surface area contributed by atoms with Crippen LogP contribution in [0.15, 0.2) is 60.8 Å². The third kappa shape index (κ3) is 3.76. The number of carbonyl (C=O) groups excluding carboxylic acids is 1. The fourth-order valence-corrected chi connectivity index (χ4v) is 3.80. The summed E-state index contributed by atoms with van der Waals surface area (Å²) in [7, 11) is 0. The van der Waals surface area contributed by atoms with E-state index in [1.165, 1.54) is 0 Å². The number of H-pyrrole nitrogens is 1. The van der Waals surface area contributed by atoms with Gasteiger partial charge in [0.25, 0.3) is 0 Å². The maximum Gasteiger partial charge on any atom is 0.224 e. The molecular weight excluding hydrogens is 358 g/mol. The van der Waals surface area contributed by atoms with Crippen LogP contribution >= 0.6 is 11.6 Å². The lowest BCUT2D eigenvalue weighted by Crippen LogP contribution is -2.30. The van der Waals surface area contributed by atoms with Crippen molar-refractivity contribution in [1.29, 1.82) is 0 Å². The van der Waals surface area contributed by atoms with Crippen molar-refractivity contribution >= 4 is 17.5 Å². The predicted octanol–water partition coefficient (Wildman–Crippen LogP) is 5.10. The monoisotopic (exact) mass is 379 g/mol. The van der Waals surface area contributed by atoms with Crippen LogP contribution in [-0.4, -0.2) is 15.9 Å². The Morgan fingerprint density at radius 2 is 1.96 bits per heavy atom. The molecule has 1 saturated carbocycles. The molecule has 0 aliphatic heterocycles. The normalized spacial score (nSPS) is 19.5. The highest BCUT2D eigenvalue weighted by molar-refractivity contribution is 6.31. The summed E-state index contributed by atoms with van der Waals surface area (Å²) in [5, 5.41) is 3.89. The highest BCUT2D eigenvalue weighted by Gasteiger charge is 2.45. The Morgan fingerprint density at radius 3 is 2.70 bits per heavy atom. The zero-order valence-corrected chi connectivity index (χ0v) is 15.9. The molecule has 1 aromatic heterocycles. The van der Waals surface area contributed by atoms with Crippen LogP contribution in [0.1, 0.15) is 43.1 Å². The molecule has 1 aliphatic rings. The SMILES string of the molecule is CCC(NC(=O)C1CC1c1ccccc1Cl)c1ncc(-c2ccccc2)[nH]1. The lowest BCUT2D eigenvalue weighted by molar-refractivity contribution is -0.123. The van der Waals surface area contributed by atoms with Crippen molar-refractivity contribution in [3.05, 3.63) is 77.2 Å². The Bertz CT molecular complexity index is 937. The zero-order chi connectivity index (χ0) is 18.8. The van der Waals surface area contributed by atoms with Crippen molar-refractivity contribution in [2.24, 2.45) is 5.92 Å². The molecule has 2 aromatic carbocycles. The van der Waals surface area contributed by atoms with E-state index in [9.17, 15) is 4.79 Å². The van der Waals surface area contributed by atoms with Crippen molar-refractivity contribution in [2.75, 3.05) is 0 Å². The summed E-state index contributed by atoms with van der Waals surface area (Å²) in [4.78, 5) is 20.6. The van der Waals surface area contributed by atoms with E-state index >= 15 is 0 Å². The summed E-state index contributed by atoms with van der Waals surface area (Å²) in [6, 6.07) is 17.7. The highest BCUT2D eigenvalue weighted by Crippen LogP contribution is 2.49. The summed E-state index contributed by atoms with van der Waals surface area (Å²) in [6.07, 6.45) is 3.44. The number of carbonyl (C=O) groups is 1. The number of rotatable bonds is 6. The van der Waals surface area contributed by atoms with Crippen LogP contribution in [0, 0.1) is 5.92 Å². The third-order valence-electron chi connectivity index (χ3n) is 5.17. The first-order valence-corrected chi connectivity index (χ1v) is 9.70. The van der Waals surface area contributed by atoms with Crippen molar-refractivity contribution in [2.45, 2.75) is 31.7 Å². The Labute approximate surface area is 164 Å². The molecule has 1 fully saturated rings. The molecule has 2 N–H and O–H groups in total. The maximum absolute atomic E-state index is 12.7. The Morgan fingerprint density at radius 1 is 1.22 bits per heavy atom. The Hall–Kier alpha value is -2.59. The number of halogens is 1. The molecule has 1 amide bonds. The molecule has 0 spiro atoms. The van der Waals surface area contributed by atoms with Gasteiger partial charge < -0.3 is 10.3 Å². The fourth-order valence-electron chi connectivity index (χ4n) is 3.52. The zero-order valence-electron chi connectivity index (χ0n) is 15.2. The van der Waals surface area contributed by atoms with Crippen LogP contribution in [0.2, 0.25) is 5.02 Å². The molecule has 3 unspecified atom stereocenters. The van der Waals surface area contributed by atoms with Crippen LogP contribution in [0.4, 0.5) is 0 Å². The number of aromatic amines is 1. The van der Waals surface area contributed by atoms with Crippen molar-refractivity contribution in [1.82, 2.24) is 15.3 Å². The largest absolute Gasteiger partial charge is 0.346 e. The third-order valence-corrected chi connectivity index (χ3v) is 5.51. The number of nitrogens with zero attached hydrogens (tertiary/aromatic N) is 1. The van der Waals surface area contributed by atoms with Gasteiger partial charge in [0.2, 0.25) is 5.91 Å². The minimum Gasteiger partial charge on any atom is -0.346 e. The standard InChI is InChI=1S/C22H22ClN3O/c1-2-19(21-24-13-20(25-21)14-8-4-3-5-9-14)26-22(27)17-12-16(17)15-10-6-7-11-18(15)23/h3-11,13,16-17,19H,2,12H2,1H3,(H,24,25)(H,26,27). The number of hydrogen-bond donors (Lipinski definition) is 2. The molecular formula is C22H22ClN3O. The summed E-state index contributed by atoms with van der Waals surface area (Å²) >= 11 is 6.27. The number of benzene rings is 2. The van der Waals surface area contributed by atoms with Gasteiger partial charge >= 0.3 is 0 Å². The van der Waals surface area contributed by atoms with Crippen LogP contribution < -0.4 is 5.32 Å². The van der Waals surface area contributed by atoms with Gasteiger partial charge in [0, 0.05) is 10.9 Å². The molecule has 27 heavy (non-hydrogen) atoms. The molecule has 138 valence electrons. The molecule has 3 atom stereocenters. The van der Waals surface area contributed by atoms with Gasteiger partial charge in [0.05, 0.1) is 17.9 Å². The lowest BCUT2D eigenvalue weighted by Gasteiger charge is -2.15. The van der Waals surface area contributed by atoms with E-state index in [0.29, 0.717) is 0 Å². The number of nitrogens with one attached hydrogen (secondary N) is 2. The van der Waals surface area contributed by atoms with E-state index in [1.54, 1.807) is 0 Å². The second-order valence-corrected chi connectivity index (χ2v) is 7.39. The minimum absolute atomic E-state index is 0.0116. The Kier molecular flexibility index (Phi) is 4.99. The highest BCUT2D eigenvalue weighted by atomic mass is 35.5. The van der Waals surface area contributed by atoms with Crippen molar-refractivity contribution in [3.8, 4) is 11.3 Å². The van der Waals surface area contributed by atoms with Crippen LogP contribution in [0.5, 0.6) is 0 Å². The molecule has 5 heteroatoms. The number of amides is 1. The second-order valence-electron chi connectivity index (χ2n) is 6.99. The van der Waals surface area contributed by atoms with E-state index in [0.717, 1.165) is 40.5 Å². The summed E-state index contributed by atoms with van der Waals surface area (Å²) in [5.74, 6) is 1.07. The fraction of sp³-hybridized carbons (Fsp3) is 0.273. The van der Waals surface area contributed by atoms with Crippen molar-refractivity contribution < 1.29 is 4.79 Å². The summed E-state index contributed by atoms with van der Waals surface area (Å²) in [5.41, 5.74) is 3.11. The van der Waals surface area contributed by atoms with Gasteiger partial charge in [-0.25, -0.2) is 4.98 Å². The summed E-state index contributed by atoms with van der Waals surface area (Å²) in [6.45, 7) is 2.05. The smallest absolute Gasteiger partial charge is 0.224 e. The molecule has 0 radical (unpaired) electrons. The number of aromatic nitrogens is 2. The van der Waals surface area contributed by atoms with Gasteiger partial charge in [-0.3, -0.25) is 4.79 Å². The van der Waals surface area contributed by atoms with E-state index in [-0.39, 0.29) is 23.8 Å². The quantitative estimate of drug-likeness (QED) is 0.625. The van der Waals surface area contributed by atoms with Gasteiger partial charge in [0.15, 0.2) is 0 Å². The second kappa shape index (κ2) is 7.57. The van der Waals surface area contributed by atoms with E-state index < -0.39 is 0 Å². The molecule has 4 rings (SSSR count). The van der Waals surface area contributed by atoms with Crippen molar-refractivity contribution in [3.63, 3.8) is 0 Å². The topological polar surface area (TPSA) is 57.8 Å². The van der Waals surface area contributed by atoms with E-state index in [4.69, 9.17) is 11.6 Å². The van der Waals surface area contributed by atoms with Gasteiger partial charge in [0.1, 0.15) is 5.82 Å². The van der Waals surface area contributed by atoms with E-state index in [1.807, 2.05) is 67.7 Å². The van der Waals surface area contributed by atoms with E-state index in [2.05, 4.69) is 15.3 Å². The first-order valence-electron chi connectivity index (χ1n) is 9.32. The maximum atomic E-state index is 12.7. The average Bonchev–Trinajstić information content (AvgIpc) is 3.35. The van der Waals surface area contributed by atoms with Crippen LogP contribution in [0.3, 0.4) is 0 Å². The van der Waals surface area contributed by atoms with Gasteiger partial charge in [-0.1, -0.05) is 67.1 Å². The molecule has 1 heterocycles. The first kappa shape index (κ1) is 17.8. The molecule has 3 aromatic rings. The van der Waals surface area contributed by atoms with Crippen LogP contribution in [-0.2, 0) is 4.79 Å². The Balaban J connectivity index is 1.43. The van der Waals surface area contributed by atoms with Gasteiger partial charge in [-0.15, -0.1) is 0 Å². The molecule has 1 aliphatic carbocycles. The van der Waals surface area contributed by atoms with Crippen LogP contribution in [0.25, 0.3) is 11.3 Å². The first-order chi connectivity index (χ1) is 13.2. The molecule has 0 saturated heterocycles.